The molecule has 7 nitrogen and oxygen atoms in total. The van der Waals surface area contributed by atoms with Gasteiger partial charge in [0.2, 0.25) is 21.8 Å². The molecule has 1 aliphatic carbocycles. The molecule has 46 heavy (non-hydrogen) atoms. The van der Waals surface area contributed by atoms with Crippen molar-refractivity contribution in [2.75, 3.05) is 26.4 Å². The van der Waals surface area contributed by atoms with Gasteiger partial charge < -0.3 is 9.80 Å². The molecule has 1 saturated carbocycles. The molecular weight excluding hydrogens is 643 g/mol. The van der Waals surface area contributed by atoms with Crippen LogP contribution in [-0.2, 0) is 38.5 Å². The molecule has 2 aromatic rings. The predicted octanol–water partition coefficient (Wildman–Crippen LogP) is 5.87. The number of nitrogens with one attached hydrogen (secondary N) is 1. The van der Waals surface area contributed by atoms with Gasteiger partial charge in [-0.25, -0.2) is 17.5 Å². The molecule has 1 saturated heterocycles. The zero-order valence-corrected chi connectivity index (χ0v) is 26.3. The standard InChI is InChI=1S/C31H36F7N3O4S/c1-18-12-23(32)6-9-25(18)27-17-41(28(42)20-4-7-24(8-5-20)39-46(3,44)45)11-10-26(27)29(43)40(2)16-19-13-21(30(33,34)35)15-22(14-19)31(36,37)38/h6,9,12-15,20,24,26-27,39H,4-5,7-8,10-11,16-17H2,1-3H3/t20-,24-,26?,27?. The summed E-state index contributed by atoms with van der Waals surface area (Å²) in [6.07, 6.45) is -6.94. The Labute approximate surface area is 263 Å². The first kappa shape index (κ1) is 35.7. The van der Waals surface area contributed by atoms with Crippen LogP contribution in [0.5, 0.6) is 0 Å². The summed E-state index contributed by atoms with van der Waals surface area (Å²) in [7, 11) is -2.10. The average Bonchev–Trinajstić information content (AvgIpc) is 2.94. The molecule has 1 aliphatic heterocycles. The summed E-state index contributed by atoms with van der Waals surface area (Å²) in [6, 6.07) is 4.97. The van der Waals surface area contributed by atoms with E-state index in [-0.39, 0.29) is 49.0 Å². The summed E-state index contributed by atoms with van der Waals surface area (Å²) in [5.41, 5.74) is -2.18. The maximum atomic E-state index is 14.0. The van der Waals surface area contributed by atoms with Gasteiger partial charge in [-0.15, -0.1) is 0 Å². The number of nitrogens with zero attached hydrogens (tertiary/aromatic N) is 2. The first-order chi connectivity index (χ1) is 21.2. The fourth-order valence-corrected chi connectivity index (χ4v) is 7.42. The number of hydrogen-bond acceptors (Lipinski definition) is 4. The minimum absolute atomic E-state index is 0.0278. The zero-order chi connectivity index (χ0) is 34.2. The first-order valence-corrected chi connectivity index (χ1v) is 16.7. The summed E-state index contributed by atoms with van der Waals surface area (Å²) in [4.78, 5) is 30.1. The summed E-state index contributed by atoms with van der Waals surface area (Å²) < 4.78 is 120. The van der Waals surface area contributed by atoms with Gasteiger partial charge in [0.1, 0.15) is 5.82 Å². The largest absolute Gasteiger partial charge is 0.416 e. The summed E-state index contributed by atoms with van der Waals surface area (Å²) in [5.74, 6) is -2.95. The van der Waals surface area contributed by atoms with Crippen molar-refractivity contribution in [3.63, 3.8) is 0 Å². The van der Waals surface area contributed by atoms with E-state index in [1.165, 1.54) is 25.2 Å². The van der Waals surface area contributed by atoms with Gasteiger partial charge in [0.05, 0.1) is 17.4 Å². The third-order valence-electron chi connectivity index (χ3n) is 8.77. The Balaban J connectivity index is 1.55. The molecule has 254 valence electrons. The van der Waals surface area contributed by atoms with Gasteiger partial charge in [-0.1, -0.05) is 6.07 Å². The van der Waals surface area contributed by atoms with Gasteiger partial charge in [-0.2, -0.15) is 26.3 Å². The van der Waals surface area contributed by atoms with E-state index in [1.54, 1.807) is 11.8 Å². The number of hydrogen-bond donors (Lipinski definition) is 1. The molecule has 2 amide bonds. The van der Waals surface area contributed by atoms with Crippen molar-refractivity contribution in [2.45, 2.75) is 69.9 Å². The second-order valence-corrected chi connectivity index (χ2v) is 14.1. The zero-order valence-electron chi connectivity index (χ0n) is 25.5. The van der Waals surface area contributed by atoms with Crippen molar-refractivity contribution in [1.29, 1.82) is 0 Å². The molecule has 2 aromatic carbocycles. The number of aryl methyl sites for hydroxylation is 1. The summed E-state index contributed by atoms with van der Waals surface area (Å²) >= 11 is 0. The Bertz CT molecular complexity index is 1520. The number of carbonyl (C=O) groups is 2. The van der Waals surface area contributed by atoms with Crippen LogP contribution in [0.2, 0.25) is 0 Å². The van der Waals surface area contributed by atoms with Gasteiger partial charge >= 0.3 is 12.4 Å². The SMILES string of the molecule is Cc1cc(F)ccc1C1CN(C(=O)[C@H]2CC[C@H](NS(C)(=O)=O)CC2)CCC1C(=O)N(C)Cc1cc(C(F)(F)F)cc(C(F)(F)F)c1. The molecule has 0 radical (unpaired) electrons. The molecule has 2 fully saturated rings. The lowest BCUT2D eigenvalue weighted by Gasteiger charge is -2.42. The topological polar surface area (TPSA) is 86.8 Å². The number of carbonyl (C=O) groups excluding carboxylic acids is 2. The second-order valence-electron chi connectivity index (χ2n) is 12.3. The molecule has 1 heterocycles. The Hall–Kier alpha value is -3.20. The smallest absolute Gasteiger partial charge is 0.342 e. The fourth-order valence-electron chi connectivity index (χ4n) is 6.58. The molecule has 4 rings (SSSR count). The predicted molar refractivity (Wildman–Crippen MR) is 155 cm³/mol. The van der Waals surface area contributed by atoms with E-state index in [0.717, 1.165) is 11.2 Å². The lowest BCUT2D eigenvalue weighted by molar-refractivity contribution is -0.144. The number of benzene rings is 2. The quantitative estimate of drug-likeness (QED) is 0.371. The number of amides is 2. The Morgan fingerprint density at radius 3 is 2.04 bits per heavy atom. The molecule has 15 heteroatoms. The lowest BCUT2D eigenvalue weighted by atomic mass is 9.77. The highest BCUT2D eigenvalue weighted by Crippen LogP contribution is 2.39. The monoisotopic (exact) mass is 679 g/mol. The van der Waals surface area contributed by atoms with Crippen LogP contribution in [0.3, 0.4) is 0 Å². The number of piperidine rings is 1. The van der Waals surface area contributed by atoms with Crippen LogP contribution in [0.1, 0.15) is 65.8 Å². The normalized spacial score (nSPS) is 22.9. The van der Waals surface area contributed by atoms with Crippen molar-refractivity contribution in [2.24, 2.45) is 11.8 Å². The van der Waals surface area contributed by atoms with Crippen molar-refractivity contribution < 1.29 is 48.7 Å². The minimum Gasteiger partial charge on any atom is -0.342 e. The summed E-state index contributed by atoms with van der Waals surface area (Å²) in [6.45, 7) is 1.41. The number of rotatable bonds is 7. The van der Waals surface area contributed by atoms with Crippen LogP contribution in [0.25, 0.3) is 0 Å². The maximum absolute atomic E-state index is 14.0. The van der Waals surface area contributed by atoms with Crippen molar-refractivity contribution in [3.8, 4) is 0 Å². The van der Waals surface area contributed by atoms with Gasteiger partial charge in [0, 0.05) is 50.5 Å². The van der Waals surface area contributed by atoms with Crippen LogP contribution in [0.15, 0.2) is 36.4 Å². The van der Waals surface area contributed by atoms with Crippen LogP contribution in [0, 0.1) is 24.6 Å². The van der Waals surface area contributed by atoms with Crippen LogP contribution in [0.4, 0.5) is 30.7 Å². The van der Waals surface area contributed by atoms with Crippen LogP contribution < -0.4 is 4.72 Å². The summed E-state index contributed by atoms with van der Waals surface area (Å²) in [5, 5.41) is 0. The molecule has 2 unspecified atom stereocenters. The highest BCUT2D eigenvalue weighted by molar-refractivity contribution is 7.88. The number of alkyl halides is 6. The van der Waals surface area contributed by atoms with E-state index in [4.69, 9.17) is 0 Å². The Kier molecular flexibility index (Phi) is 10.5. The lowest BCUT2D eigenvalue weighted by Crippen LogP contribution is -2.50. The Morgan fingerprint density at radius 1 is 0.935 bits per heavy atom. The van der Waals surface area contributed by atoms with Crippen molar-refractivity contribution >= 4 is 21.8 Å². The first-order valence-electron chi connectivity index (χ1n) is 14.8. The maximum Gasteiger partial charge on any atom is 0.416 e. The van der Waals surface area contributed by atoms with E-state index in [0.29, 0.717) is 48.9 Å². The van der Waals surface area contributed by atoms with E-state index in [1.807, 2.05) is 0 Å². The second kappa shape index (κ2) is 13.5. The molecule has 2 aliphatic rings. The van der Waals surface area contributed by atoms with Crippen LogP contribution in [-0.4, -0.2) is 62.5 Å². The third-order valence-corrected chi connectivity index (χ3v) is 9.54. The van der Waals surface area contributed by atoms with E-state index < -0.39 is 63.6 Å². The van der Waals surface area contributed by atoms with Gasteiger partial charge in [0.15, 0.2) is 0 Å². The van der Waals surface area contributed by atoms with Gasteiger partial charge in [-0.05, 0) is 86.1 Å². The molecule has 0 aromatic heterocycles. The fraction of sp³-hybridized carbons (Fsp3) is 0.548. The molecule has 1 N–H and O–H groups in total. The molecule has 2 atom stereocenters. The average molecular weight is 680 g/mol. The van der Waals surface area contributed by atoms with E-state index in [2.05, 4.69) is 4.72 Å². The number of likely N-dealkylation sites (tertiary alicyclic amines) is 1. The van der Waals surface area contributed by atoms with Crippen LogP contribution >= 0.6 is 0 Å². The van der Waals surface area contributed by atoms with E-state index in [9.17, 15) is 48.7 Å². The molecule has 0 bridgehead atoms. The molecular formula is C31H36F7N3O4S. The van der Waals surface area contributed by atoms with Gasteiger partial charge in [0.25, 0.3) is 0 Å². The van der Waals surface area contributed by atoms with Crippen molar-refractivity contribution in [1.82, 2.24) is 14.5 Å². The third kappa shape index (κ3) is 8.78. The number of halogens is 7. The Morgan fingerprint density at radius 2 is 1.52 bits per heavy atom. The number of sulfonamides is 1. The van der Waals surface area contributed by atoms with Crippen molar-refractivity contribution in [3.05, 3.63) is 70.0 Å². The van der Waals surface area contributed by atoms with Gasteiger partial charge in [-0.3, -0.25) is 9.59 Å². The highest BCUT2D eigenvalue weighted by Gasteiger charge is 2.41. The van der Waals surface area contributed by atoms with E-state index >= 15 is 0 Å². The molecule has 0 spiro atoms. The highest BCUT2D eigenvalue weighted by atomic mass is 32.2. The minimum atomic E-state index is -5.04.